The number of aliphatic hydroxyl groups is 1. The van der Waals surface area contributed by atoms with Crippen molar-refractivity contribution in [3.63, 3.8) is 0 Å². The van der Waals surface area contributed by atoms with E-state index in [4.69, 9.17) is 11.6 Å². The van der Waals surface area contributed by atoms with Gasteiger partial charge in [-0.1, -0.05) is 11.6 Å². The number of benzene rings is 1. The summed E-state index contributed by atoms with van der Waals surface area (Å²) < 4.78 is 38.1. The lowest BCUT2D eigenvalue weighted by molar-refractivity contribution is -0.242. The molecule has 0 bridgehead atoms. The van der Waals surface area contributed by atoms with Crippen LogP contribution in [0.2, 0.25) is 5.02 Å². The highest BCUT2D eigenvalue weighted by molar-refractivity contribution is 6.34. The van der Waals surface area contributed by atoms with Gasteiger partial charge in [0.15, 0.2) is 0 Å². The van der Waals surface area contributed by atoms with Crippen LogP contribution in [0.4, 0.5) is 30.2 Å². The predicted molar refractivity (Wildman–Crippen MR) is 89.1 cm³/mol. The standard InChI is InChI=1S/C16H15ClF3N3O2/c1-15(25,16(18,19)20)14(24)22-13-4-3-11(9-12(13)17)23(2)10-5-7-21-8-6-10/h3-9,25H,1-2H3,(H,22,24)/t15-/m1/s1. The van der Waals surface area contributed by atoms with Crippen molar-refractivity contribution in [2.45, 2.75) is 18.7 Å². The third-order valence-electron chi connectivity index (χ3n) is 3.63. The lowest BCUT2D eigenvalue weighted by Gasteiger charge is -2.25. The van der Waals surface area contributed by atoms with Crippen LogP contribution in [-0.2, 0) is 4.79 Å². The van der Waals surface area contributed by atoms with Crippen LogP contribution in [0.25, 0.3) is 0 Å². The minimum absolute atomic E-state index is 0.0322. The molecule has 25 heavy (non-hydrogen) atoms. The lowest BCUT2D eigenvalue weighted by Crippen LogP contribution is -2.52. The first kappa shape index (κ1) is 19.0. The number of alkyl halides is 3. The Morgan fingerprint density at radius 1 is 1.20 bits per heavy atom. The summed E-state index contributed by atoms with van der Waals surface area (Å²) in [5.74, 6) is -1.61. The van der Waals surface area contributed by atoms with Crippen LogP contribution in [0, 0.1) is 0 Å². The molecule has 1 amide bonds. The van der Waals surface area contributed by atoms with Crippen LogP contribution in [0.3, 0.4) is 0 Å². The molecular formula is C16H15ClF3N3O2. The quantitative estimate of drug-likeness (QED) is 0.856. The SMILES string of the molecule is CN(c1ccncc1)c1ccc(NC(=O)[C@@](C)(O)C(F)(F)F)c(Cl)c1. The minimum Gasteiger partial charge on any atom is -0.373 e. The van der Waals surface area contributed by atoms with E-state index in [1.54, 1.807) is 42.5 Å². The summed E-state index contributed by atoms with van der Waals surface area (Å²) in [6, 6.07) is 7.96. The highest BCUT2D eigenvalue weighted by Gasteiger charge is 2.55. The first-order valence-electron chi connectivity index (χ1n) is 7.08. The molecule has 0 aliphatic rings. The zero-order chi connectivity index (χ0) is 18.8. The fraction of sp³-hybridized carbons (Fsp3) is 0.250. The van der Waals surface area contributed by atoms with Crippen molar-refractivity contribution in [1.29, 1.82) is 0 Å². The molecule has 0 aliphatic carbocycles. The molecule has 0 saturated carbocycles. The second-order valence-electron chi connectivity index (χ2n) is 5.45. The number of hydrogen-bond donors (Lipinski definition) is 2. The number of nitrogens with zero attached hydrogens (tertiary/aromatic N) is 2. The summed E-state index contributed by atoms with van der Waals surface area (Å²) in [6.45, 7) is 0.377. The van der Waals surface area contributed by atoms with Gasteiger partial charge >= 0.3 is 6.18 Å². The predicted octanol–water partition coefficient (Wildman–Crippen LogP) is 3.75. The molecule has 0 saturated heterocycles. The Hall–Kier alpha value is -2.32. The summed E-state index contributed by atoms with van der Waals surface area (Å²) in [5.41, 5.74) is -2.09. The molecule has 1 aromatic heterocycles. The number of carbonyl (C=O) groups is 1. The molecule has 1 heterocycles. The molecule has 0 unspecified atom stereocenters. The number of aromatic nitrogens is 1. The van der Waals surface area contributed by atoms with Crippen LogP contribution in [-0.4, -0.2) is 34.8 Å². The first-order valence-corrected chi connectivity index (χ1v) is 7.45. The summed E-state index contributed by atoms with van der Waals surface area (Å²) in [6.07, 6.45) is -1.88. The Bertz CT molecular complexity index is 767. The fourth-order valence-corrected chi connectivity index (χ4v) is 2.13. The molecule has 5 nitrogen and oxygen atoms in total. The molecule has 134 valence electrons. The number of anilines is 3. The van der Waals surface area contributed by atoms with Crippen molar-refractivity contribution in [3.05, 3.63) is 47.7 Å². The topological polar surface area (TPSA) is 65.5 Å². The Balaban J connectivity index is 2.22. The normalized spacial score (nSPS) is 13.9. The van der Waals surface area contributed by atoms with Crippen LogP contribution in [0.15, 0.2) is 42.7 Å². The van der Waals surface area contributed by atoms with Gasteiger partial charge in [0.05, 0.1) is 10.7 Å². The third-order valence-corrected chi connectivity index (χ3v) is 3.95. The molecule has 2 N–H and O–H groups in total. The van der Waals surface area contributed by atoms with Gasteiger partial charge in [0.1, 0.15) is 0 Å². The highest BCUT2D eigenvalue weighted by Crippen LogP contribution is 2.34. The van der Waals surface area contributed by atoms with Gasteiger partial charge in [-0.15, -0.1) is 0 Å². The molecule has 1 atom stereocenters. The zero-order valence-corrected chi connectivity index (χ0v) is 14.1. The molecular weight excluding hydrogens is 359 g/mol. The van der Waals surface area contributed by atoms with E-state index < -0.39 is 17.7 Å². The first-order chi connectivity index (χ1) is 11.5. The molecule has 2 aromatic rings. The molecule has 9 heteroatoms. The Morgan fingerprint density at radius 3 is 2.32 bits per heavy atom. The summed E-state index contributed by atoms with van der Waals surface area (Å²) in [5, 5.41) is 11.4. The number of hydrogen-bond acceptors (Lipinski definition) is 4. The fourth-order valence-electron chi connectivity index (χ4n) is 1.90. The van der Waals surface area contributed by atoms with Gasteiger partial charge in [-0.2, -0.15) is 13.2 Å². The van der Waals surface area contributed by atoms with Crippen molar-refractivity contribution < 1.29 is 23.1 Å². The number of carbonyl (C=O) groups excluding carboxylic acids is 1. The third kappa shape index (κ3) is 4.02. The van der Waals surface area contributed by atoms with Crippen LogP contribution in [0.1, 0.15) is 6.92 Å². The smallest absolute Gasteiger partial charge is 0.373 e. The second kappa shape index (κ2) is 6.89. The summed E-state index contributed by atoms with van der Waals surface area (Å²) in [7, 11) is 1.77. The largest absolute Gasteiger partial charge is 0.426 e. The Labute approximate surface area is 147 Å². The lowest BCUT2D eigenvalue weighted by atomic mass is 10.1. The second-order valence-corrected chi connectivity index (χ2v) is 5.86. The average Bonchev–Trinajstić information content (AvgIpc) is 2.55. The maximum absolute atomic E-state index is 12.7. The number of pyridine rings is 1. The van der Waals surface area contributed by atoms with Crippen LogP contribution >= 0.6 is 11.6 Å². The molecule has 1 aromatic carbocycles. The van der Waals surface area contributed by atoms with E-state index in [0.29, 0.717) is 12.6 Å². The summed E-state index contributed by atoms with van der Waals surface area (Å²) in [4.78, 5) is 17.4. The number of rotatable bonds is 4. The van der Waals surface area contributed by atoms with Crippen LogP contribution < -0.4 is 10.2 Å². The van der Waals surface area contributed by atoms with Gasteiger partial charge in [0, 0.05) is 30.8 Å². The van der Waals surface area contributed by atoms with Gasteiger partial charge in [-0.3, -0.25) is 9.78 Å². The highest BCUT2D eigenvalue weighted by atomic mass is 35.5. The van der Waals surface area contributed by atoms with E-state index in [9.17, 15) is 23.1 Å². The van der Waals surface area contributed by atoms with E-state index >= 15 is 0 Å². The van der Waals surface area contributed by atoms with Crippen molar-refractivity contribution in [3.8, 4) is 0 Å². The van der Waals surface area contributed by atoms with Gasteiger partial charge in [0.2, 0.25) is 5.60 Å². The monoisotopic (exact) mass is 373 g/mol. The molecule has 0 aliphatic heterocycles. The van der Waals surface area contributed by atoms with E-state index in [0.717, 1.165) is 5.69 Å². The van der Waals surface area contributed by atoms with Crippen molar-refractivity contribution >= 4 is 34.6 Å². The van der Waals surface area contributed by atoms with Crippen LogP contribution in [0.5, 0.6) is 0 Å². The van der Waals surface area contributed by atoms with E-state index in [-0.39, 0.29) is 10.7 Å². The summed E-state index contributed by atoms with van der Waals surface area (Å²) >= 11 is 6.05. The van der Waals surface area contributed by atoms with Crippen molar-refractivity contribution in [2.75, 3.05) is 17.3 Å². The average molecular weight is 374 g/mol. The van der Waals surface area contributed by atoms with E-state index in [2.05, 4.69) is 4.98 Å². The number of amides is 1. The molecule has 0 fully saturated rings. The van der Waals surface area contributed by atoms with E-state index in [1.165, 1.54) is 12.1 Å². The minimum atomic E-state index is -5.11. The van der Waals surface area contributed by atoms with Gasteiger partial charge in [-0.05, 0) is 37.3 Å². The maximum atomic E-state index is 12.7. The van der Waals surface area contributed by atoms with Gasteiger partial charge < -0.3 is 15.3 Å². The Kier molecular flexibility index (Phi) is 5.24. The van der Waals surface area contributed by atoms with Crippen molar-refractivity contribution in [1.82, 2.24) is 4.98 Å². The number of halogens is 4. The molecule has 0 spiro atoms. The van der Waals surface area contributed by atoms with Gasteiger partial charge in [-0.25, -0.2) is 0 Å². The molecule has 2 rings (SSSR count). The maximum Gasteiger partial charge on any atom is 0.426 e. The van der Waals surface area contributed by atoms with Gasteiger partial charge in [0.25, 0.3) is 5.91 Å². The number of nitrogens with one attached hydrogen (secondary N) is 1. The zero-order valence-electron chi connectivity index (χ0n) is 13.3. The molecule has 0 radical (unpaired) electrons. The van der Waals surface area contributed by atoms with E-state index in [1.807, 2.05) is 5.32 Å². The Morgan fingerprint density at radius 2 is 1.80 bits per heavy atom. The van der Waals surface area contributed by atoms with Crippen molar-refractivity contribution in [2.24, 2.45) is 0 Å².